The van der Waals surface area contributed by atoms with Crippen LogP contribution in [-0.4, -0.2) is 19.1 Å². The maximum atomic E-state index is 12.3. The van der Waals surface area contributed by atoms with Gasteiger partial charge in [-0.25, -0.2) is 0 Å². The Kier molecular flexibility index (Phi) is 5.64. The molecule has 4 heteroatoms. The van der Waals surface area contributed by atoms with Gasteiger partial charge in [-0.3, -0.25) is 4.79 Å². The Labute approximate surface area is 144 Å². The third kappa shape index (κ3) is 4.03. The Bertz CT molecular complexity index is 560. The number of ether oxygens (including phenoxy) is 2. The second-order valence-corrected chi connectivity index (χ2v) is 7.15. The lowest BCUT2D eigenvalue weighted by Crippen LogP contribution is -2.31. The zero-order valence-electron chi connectivity index (χ0n) is 14.8. The van der Waals surface area contributed by atoms with Crippen LogP contribution in [0.1, 0.15) is 69.9 Å². The molecule has 2 aliphatic rings. The number of carbonyl (C=O) groups is 1. The van der Waals surface area contributed by atoms with Crippen LogP contribution in [0.4, 0.5) is 0 Å². The molecule has 0 saturated heterocycles. The topological polar surface area (TPSA) is 47.6 Å². The number of methoxy groups -OCH3 is 1. The van der Waals surface area contributed by atoms with Gasteiger partial charge in [-0.2, -0.15) is 0 Å². The first-order valence-corrected chi connectivity index (χ1v) is 9.32. The van der Waals surface area contributed by atoms with Crippen LogP contribution >= 0.6 is 0 Å². The van der Waals surface area contributed by atoms with Gasteiger partial charge in [0.05, 0.1) is 19.3 Å². The summed E-state index contributed by atoms with van der Waals surface area (Å²) in [5, 5.41) is 3.15. The van der Waals surface area contributed by atoms with Crippen LogP contribution in [0, 0.1) is 5.92 Å². The van der Waals surface area contributed by atoms with E-state index in [-0.39, 0.29) is 17.9 Å². The molecule has 2 fully saturated rings. The highest BCUT2D eigenvalue weighted by molar-refractivity contribution is 5.79. The molecule has 1 aromatic rings. The zero-order valence-corrected chi connectivity index (χ0v) is 14.8. The fourth-order valence-electron chi connectivity index (χ4n) is 3.84. The van der Waals surface area contributed by atoms with Crippen LogP contribution in [0.15, 0.2) is 18.2 Å². The number of hydrogen-bond acceptors (Lipinski definition) is 3. The van der Waals surface area contributed by atoms with Crippen LogP contribution < -0.4 is 14.8 Å². The van der Waals surface area contributed by atoms with Gasteiger partial charge in [0.15, 0.2) is 11.5 Å². The van der Waals surface area contributed by atoms with E-state index in [0.717, 1.165) is 42.7 Å². The van der Waals surface area contributed by atoms with Crippen molar-refractivity contribution in [2.24, 2.45) is 5.92 Å². The van der Waals surface area contributed by atoms with Crippen molar-refractivity contribution in [3.8, 4) is 11.5 Å². The molecule has 0 aromatic heterocycles. The Balaban J connectivity index is 1.65. The molecule has 0 spiro atoms. The number of hydrogen-bond donors (Lipinski definition) is 1. The predicted molar refractivity (Wildman–Crippen MR) is 94.4 cm³/mol. The summed E-state index contributed by atoms with van der Waals surface area (Å²) in [4.78, 5) is 12.3. The molecule has 1 unspecified atom stereocenters. The van der Waals surface area contributed by atoms with Gasteiger partial charge < -0.3 is 14.8 Å². The molecule has 2 aliphatic carbocycles. The highest BCUT2D eigenvalue weighted by Crippen LogP contribution is 2.34. The number of carbonyl (C=O) groups excluding carboxylic acids is 1. The summed E-state index contributed by atoms with van der Waals surface area (Å²) in [5.74, 6) is 1.94. The van der Waals surface area contributed by atoms with E-state index >= 15 is 0 Å². The van der Waals surface area contributed by atoms with Crippen LogP contribution in [0.5, 0.6) is 11.5 Å². The maximum absolute atomic E-state index is 12.3. The molecular formula is C20H29NO3. The third-order valence-electron chi connectivity index (χ3n) is 5.37. The molecule has 0 bridgehead atoms. The molecule has 24 heavy (non-hydrogen) atoms. The van der Waals surface area contributed by atoms with Gasteiger partial charge in [0.1, 0.15) is 0 Å². The van der Waals surface area contributed by atoms with Crippen molar-refractivity contribution < 1.29 is 14.3 Å². The summed E-state index contributed by atoms with van der Waals surface area (Å²) in [7, 11) is 1.67. The van der Waals surface area contributed by atoms with E-state index in [1.54, 1.807) is 7.11 Å². The quantitative estimate of drug-likeness (QED) is 0.841. The Hall–Kier alpha value is -1.71. The van der Waals surface area contributed by atoms with Crippen molar-refractivity contribution in [1.29, 1.82) is 0 Å². The SMILES string of the molecule is COc1cc(C(C)NC(=O)C2CCCC2)ccc1OC1CCCC1. The molecule has 3 rings (SSSR count). The minimum Gasteiger partial charge on any atom is -0.493 e. The monoisotopic (exact) mass is 331 g/mol. The van der Waals surface area contributed by atoms with Gasteiger partial charge in [-0.15, -0.1) is 0 Å². The van der Waals surface area contributed by atoms with Crippen LogP contribution in [-0.2, 0) is 4.79 Å². The first-order chi connectivity index (χ1) is 11.7. The molecule has 1 aromatic carbocycles. The Morgan fingerprint density at radius 1 is 1.08 bits per heavy atom. The first kappa shape index (κ1) is 17.1. The van der Waals surface area contributed by atoms with Crippen LogP contribution in [0.25, 0.3) is 0 Å². The molecule has 0 radical (unpaired) electrons. The molecule has 1 N–H and O–H groups in total. The Morgan fingerprint density at radius 2 is 1.75 bits per heavy atom. The molecule has 2 saturated carbocycles. The summed E-state index contributed by atoms with van der Waals surface area (Å²) in [6.45, 7) is 2.03. The molecule has 1 atom stereocenters. The minimum atomic E-state index is -0.0208. The van der Waals surface area contributed by atoms with Gasteiger partial charge in [-0.1, -0.05) is 18.9 Å². The smallest absolute Gasteiger partial charge is 0.223 e. The predicted octanol–water partition coefficient (Wildman–Crippen LogP) is 4.38. The highest BCUT2D eigenvalue weighted by Gasteiger charge is 2.24. The van der Waals surface area contributed by atoms with Crippen molar-refractivity contribution in [3.63, 3.8) is 0 Å². The number of nitrogens with one attached hydrogen (secondary N) is 1. The fraction of sp³-hybridized carbons (Fsp3) is 0.650. The second-order valence-electron chi connectivity index (χ2n) is 7.15. The van der Waals surface area contributed by atoms with E-state index in [4.69, 9.17) is 9.47 Å². The molecule has 0 heterocycles. The largest absolute Gasteiger partial charge is 0.493 e. The van der Waals surface area contributed by atoms with E-state index in [1.165, 1.54) is 25.7 Å². The number of benzene rings is 1. The van der Waals surface area contributed by atoms with Gasteiger partial charge in [0, 0.05) is 5.92 Å². The van der Waals surface area contributed by atoms with E-state index in [9.17, 15) is 4.79 Å². The number of rotatable bonds is 6. The van der Waals surface area contributed by atoms with E-state index < -0.39 is 0 Å². The summed E-state index contributed by atoms with van der Waals surface area (Å²) < 4.78 is 11.6. The highest BCUT2D eigenvalue weighted by atomic mass is 16.5. The normalized spacial score (nSPS) is 20.1. The van der Waals surface area contributed by atoms with E-state index in [1.807, 2.05) is 25.1 Å². The summed E-state index contributed by atoms with van der Waals surface area (Å²) in [6, 6.07) is 5.98. The van der Waals surface area contributed by atoms with Crippen molar-refractivity contribution >= 4 is 5.91 Å². The van der Waals surface area contributed by atoms with E-state index in [2.05, 4.69) is 5.32 Å². The summed E-state index contributed by atoms with van der Waals surface area (Å²) in [5.41, 5.74) is 1.05. The molecule has 4 nitrogen and oxygen atoms in total. The van der Waals surface area contributed by atoms with Crippen molar-refractivity contribution in [2.45, 2.75) is 70.4 Å². The van der Waals surface area contributed by atoms with Gasteiger partial charge in [0.2, 0.25) is 5.91 Å². The maximum Gasteiger partial charge on any atom is 0.223 e. The van der Waals surface area contributed by atoms with Crippen molar-refractivity contribution in [3.05, 3.63) is 23.8 Å². The van der Waals surface area contributed by atoms with E-state index in [0.29, 0.717) is 6.10 Å². The number of amides is 1. The second kappa shape index (κ2) is 7.91. The van der Waals surface area contributed by atoms with Crippen LogP contribution in [0.3, 0.4) is 0 Å². The molecule has 132 valence electrons. The standard InChI is InChI=1S/C20H29NO3/c1-14(21-20(22)15-7-3-4-8-15)16-11-12-18(19(13-16)23-2)24-17-9-5-6-10-17/h11-15,17H,3-10H2,1-2H3,(H,21,22). The Morgan fingerprint density at radius 3 is 2.42 bits per heavy atom. The molecular weight excluding hydrogens is 302 g/mol. The molecule has 0 aliphatic heterocycles. The van der Waals surface area contributed by atoms with Crippen molar-refractivity contribution in [1.82, 2.24) is 5.32 Å². The van der Waals surface area contributed by atoms with Gasteiger partial charge in [-0.05, 0) is 63.1 Å². The summed E-state index contributed by atoms with van der Waals surface area (Å²) >= 11 is 0. The average molecular weight is 331 g/mol. The lowest BCUT2D eigenvalue weighted by molar-refractivity contribution is -0.125. The lowest BCUT2D eigenvalue weighted by atomic mass is 10.0. The fourth-order valence-corrected chi connectivity index (χ4v) is 3.84. The average Bonchev–Trinajstić information content (AvgIpc) is 3.28. The van der Waals surface area contributed by atoms with Crippen LogP contribution in [0.2, 0.25) is 0 Å². The zero-order chi connectivity index (χ0) is 16.9. The van der Waals surface area contributed by atoms with Crippen molar-refractivity contribution in [2.75, 3.05) is 7.11 Å². The van der Waals surface area contributed by atoms with Gasteiger partial charge in [0.25, 0.3) is 0 Å². The lowest BCUT2D eigenvalue weighted by Gasteiger charge is -2.20. The third-order valence-corrected chi connectivity index (χ3v) is 5.37. The summed E-state index contributed by atoms with van der Waals surface area (Å²) in [6.07, 6.45) is 9.44. The first-order valence-electron chi connectivity index (χ1n) is 9.32. The minimum absolute atomic E-state index is 0.0208. The van der Waals surface area contributed by atoms with Gasteiger partial charge >= 0.3 is 0 Å². The molecule has 1 amide bonds.